The molecule has 0 amide bonds. The van der Waals surface area contributed by atoms with Gasteiger partial charge in [-0.05, 0) is 36.4 Å². The van der Waals surface area contributed by atoms with E-state index in [1.165, 1.54) is 11.8 Å². The highest BCUT2D eigenvalue weighted by atomic mass is 35.5. The zero-order valence-electron chi connectivity index (χ0n) is 11.7. The molecule has 0 N–H and O–H groups in total. The molecule has 3 rings (SSSR count). The molecule has 5 nitrogen and oxygen atoms in total. The Morgan fingerprint density at radius 1 is 1.14 bits per heavy atom. The molecule has 0 saturated carbocycles. The minimum Gasteiger partial charge on any atom is -0.495 e. The van der Waals surface area contributed by atoms with Gasteiger partial charge in [-0.2, -0.15) is 0 Å². The van der Waals surface area contributed by atoms with Gasteiger partial charge in [-0.25, -0.2) is 0 Å². The molecule has 2 aromatic heterocycles. The molecule has 112 valence electrons. The lowest BCUT2D eigenvalue weighted by Gasteiger charge is -2.00. The third kappa shape index (κ3) is 3.58. The Morgan fingerprint density at radius 2 is 1.95 bits per heavy atom. The van der Waals surface area contributed by atoms with Crippen molar-refractivity contribution in [1.82, 2.24) is 15.2 Å². The van der Waals surface area contributed by atoms with Gasteiger partial charge in [-0.15, -0.1) is 10.2 Å². The maximum Gasteiger partial charge on any atom is 0.277 e. The number of hydrogen-bond donors (Lipinski definition) is 0. The Kier molecular flexibility index (Phi) is 4.60. The second-order valence-electron chi connectivity index (χ2n) is 4.36. The predicted molar refractivity (Wildman–Crippen MR) is 85.1 cm³/mol. The Balaban J connectivity index is 1.65. The number of aromatic nitrogens is 3. The minimum atomic E-state index is 0.474. The first-order chi connectivity index (χ1) is 10.7. The standard InChI is InChI=1S/C15H12ClN3O2S/c1-20-13-7-6-12(17-8-13)9-22-15-19-18-14(21-15)10-2-4-11(16)5-3-10/h2-8H,9H2,1H3. The van der Waals surface area contributed by atoms with Crippen LogP contribution in [-0.4, -0.2) is 22.3 Å². The summed E-state index contributed by atoms with van der Waals surface area (Å²) < 4.78 is 10.7. The molecule has 2 heterocycles. The monoisotopic (exact) mass is 333 g/mol. The first-order valence-electron chi connectivity index (χ1n) is 6.46. The van der Waals surface area contributed by atoms with Gasteiger partial charge in [0, 0.05) is 16.3 Å². The van der Waals surface area contributed by atoms with Crippen LogP contribution in [0.5, 0.6) is 5.75 Å². The average Bonchev–Trinajstić information content (AvgIpc) is 3.03. The van der Waals surface area contributed by atoms with Crippen LogP contribution in [-0.2, 0) is 5.75 Å². The molecule has 22 heavy (non-hydrogen) atoms. The fraction of sp³-hybridized carbons (Fsp3) is 0.133. The molecule has 0 unspecified atom stereocenters. The van der Waals surface area contributed by atoms with Crippen LogP contribution in [0.3, 0.4) is 0 Å². The van der Waals surface area contributed by atoms with E-state index in [9.17, 15) is 0 Å². The molecule has 0 aliphatic carbocycles. The average molecular weight is 334 g/mol. The van der Waals surface area contributed by atoms with Crippen molar-refractivity contribution in [3.8, 4) is 17.2 Å². The zero-order valence-corrected chi connectivity index (χ0v) is 13.3. The van der Waals surface area contributed by atoms with Crippen molar-refractivity contribution in [2.24, 2.45) is 0 Å². The van der Waals surface area contributed by atoms with E-state index in [1.807, 2.05) is 24.3 Å². The summed E-state index contributed by atoms with van der Waals surface area (Å²) in [6.07, 6.45) is 1.68. The number of thioether (sulfide) groups is 1. The Hall–Kier alpha value is -2.05. The van der Waals surface area contributed by atoms with Crippen LogP contribution in [0, 0.1) is 0 Å². The molecule has 3 aromatic rings. The molecule has 1 aromatic carbocycles. The van der Waals surface area contributed by atoms with E-state index in [0.717, 1.165) is 17.0 Å². The molecule has 0 bridgehead atoms. The molecular weight excluding hydrogens is 322 g/mol. The van der Waals surface area contributed by atoms with E-state index in [1.54, 1.807) is 25.4 Å². The van der Waals surface area contributed by atoms with Crippen molar-refractivity contribution < 1.29 is 9.15 Å². The van der Waals surface area contributed by atoms with Gasteiger partial charge in [-0.3, -0.25) is 4.98 Å². The maximum absolute atomic E-state index is 5.86. The van der Waals surface area contributed by atoms with Crippen LogP contribution < -0.4 is 4.74 Å². The van der Waals surface area contributed by atoms with Crippen LogP contribution in [0.15, 0.2) is 52.2 Å². The van der Waals surface area contributed by atoms with Crippen LogP contribution in [0.4, 0.5) is 0 Å². The van der Waals surface area contributed by atoms with Crippen LogP contribution in [0.1, 0.15) is 5.69 Å². The highest BCUT2D eigenvalue weighted by molar-refractivity contribution is 7.98. The smallest absolute Gasteiger partial charge is 0.277 e. The first-order valence-corrected chi connectivity index (χ1v) is 7.82. The Labute approximate surface area is 136 Å². The van der Waals surface area contributed by atoms with Gasteiger partial charge in [0.2, 0.25) is 5.89 Å². The second-order valence-corrected chi connectivity index (χ2v) is 5.72. The molecule has 0 saturated heterocycles. The largest absolute Gasteiger partial charge is 0.495 e. The number of rotatable bonds is 5. The fourth-order valence-electron chi connectivity index (χ4n) is 1.73. The van der Waals surface area contributed by atoms with E-state index in [0.29, 0.717) is 21.9 Å². The molecule has 0 spiro atoms. The number of benzene rings is 1. The van der Waals surface area contributed by atoms with Gasteiger partial charge in [0.05, 0.1) is 19.0 Å². The normalized spacial score (nSPS) is 10.6. The van der Waals surface area contributed by atoms with Crippen molar-refractivity contribution in [1.29, 1.82) is 0 Å². The number of hydrogen-bond acceptors (Lipinski definition) is 6. The van der Waals surface area contributed by atoms with Crippen molar-refractivity contribution in [2.75, 3.05) is 7.11 Å². The predicted octanol–water partition coefficient (Wildman–Crippen LogP) is 4.09. The lowest BCUT2D eigenvalue weighted by molar-refractivity contribution is 0.412. The SMILES string of the molecule is COc1ccc(CSc2nnc(-c3ccc(Cl)cc3)o2)nc1. The summed E-state index contributed by atoms with van der Waals surface area (Å²) >= 11 is 7.29. The topological polar surface area (TPSA) is 61.0 Å². The molecule has 0 radical (unpaired) electrons. The zero-order chi connectivity index (χ0) is 15.4. The lowest BCUT2D eigenvalue weighted by Crippen LogP contribution is -1.88. The third-order valence-electron chi connectivity index (χ3n) is 2.87. The van der Waals surface area contributed by atoms with Crippen molar-refractivity contribution >= 4 is 23.4 Å². The van der Waals surface area contributed by atoms with Crippen molar-refractivity contribution in [2.45, 2.75) is 11.0 Å². The summed E-state index contributed by atoms with van der Waals surface area (Å²) in [5.74, 6) is 1.85. The van der Waals surface area contributed by atoms with Crippen LogP contribution in [0.25, 0.3) is 11.5 Å². The fourth-order valence-corrected chi connectivity index (χ4v) is 2.53. The summed E-state index contributed by atoms with van der Waals surface area (Å²) in [7, 11) is 1.61. The summed E-state index contributed by atoms with van der Waals surface area (Å²) in [6.45, 7) is 0. The molecule has 0 aliphatic heterocycles. The molecule has 7 heteroatoms. The Morgan fingerprint density at radius 3 is 2.64 bits per heavy atom. The minimum absolute atomic E-state index is 0.474. The van der Waals surface area contributed by atoms with E-state index in [2.05, 4.69) is 15.2 Å². The summed E-state index contributed by atoms with van der Waals surface area (Å²) in [6, 6.07) is 11.0. The maximum atomic E-state index is 5.86. The molecule has 0 aliphatic rings. The summed E-state index contributed by atoms with van der Waals surface area (Å²) in [4.78, 5) is 4.29. The number of nitrogens with zero attached hydrogens (tertiary/aromatic N) is 3. The van der Waals surface area contributed by atoms with E-state index < -0.39 is 0 Å². The lowest BCUT2D eigenvalue weighted by atomic mass is 10.2. The highest BCUT2D eigenvalue weighted by Crippen LogP contribution is 2.26. The van der Waals surface area contributed by atoms with Crippen molar-refractivity contribution in [3.63, 3.8) is 0 Å². The van der Waals surface area contributed by atoms with E-state index >= 15 is 0 Å². The summed E-state index contributed by atoms with van der Waals surface area (Å²) in [5.41, 5.74) is 1.75. The van der Waals surface area contributed by atoms with Gasteiger partial charge in [0.25, 0.3) is 5.22 Å². The number of halogens is 1. The van der Waals surface area contributed by atoms with Gasteiger partial charge in [0.1, 0.15) is 5.75 Å². The second kappa shape index (κ2) is 6.81. The van der Waals surface area contributed by atoms with Crippen molar-refractivity contribution in [3.05, 3.63) is 53.3 Å². The Bertz CT molecular complexity index is 744. The van der Waals surface area contributed by atoms with E-state index in [-0.39, 0.29) is 0 Å². The number of pyridine rings is 1. The number of ether oxygens (including phenoxy) is 1. The van der Waals surface area contributed by atoms with Gasteiger partial charge in [0.15, 0.2) is 0 Å². The van der Waals surface area contributed by atoms with Gasteiger partial charge >= 0.3 is 0 Å². The van der Waals surface area contributed by atoms with Gasteiger partial charge < -0.3 is 9.15 Å². The molecule has 0 atom stereocenters. The van der Waals surface area contributed by atoms with Crippen LogP contribution in [0.2, 0.25) is 5.02 Å². The van der Waals surface area contributed by atoms with Crippen LogP contribution >= 0.6 is 23.4 Å². The summed E-state index contributed by atoms with van der Waals surface area (Å²) in [5, 5.41) is 9.23. The highest BCUT2D eigenvalue weighted by Gasteiger charge is 2.09. The molecule has 0 fully saturated rings. The van der Waals surface area contributed by atoms with E-state index in [4.69, 9.17) is 20.8 Å². The third-order valence-corrected chi connectivity index (χ3v) is 3.98. The number of methoxy groups -OCH3 is 1. The first kappa shape index (κ1) is 14.9. The quantitative estimate of drug-likeness (QED) is 0.655. The molecular formula is C15H12ClN3O2S. The van der Waals surface area contributed by atoms with Gasteiger partial charge in [-0.1, -0.05) is 23.4 Å².